The zero-order valence-electron chi connectivity index (χ0n) is 20.6. The molecule has 2 heterocycles. The summed E-state index contributed by atoms with van der Waals surface area (Å²) < 4.78 is 33.0. The summed E-state index contributed by atoms with van der Waals surface area (Å²) in [6.07, 6.45) is 5.42. The minimum atomic E-state index is -3.53. The van der Waals surface area contributed by atoms with Crippen LogP contribution in [0.3, 0.4) is 0 Å². The van der Waals surface area contributed by atoms with E-state index in [1.54, 1.807) is 12.1 Å². The van der Waals surface area contributed by atoms with E-state index in [9.17, 15) is 13.5 Å². The maximum Gasteiger partial charge on any atom is 0.179 e. The van der Waals surface area contributed by atoms with Gasteiger partial charge in [0, 0.05) is 35.3 Å². The van der Waals surface area contributed by atoms with Crippen LogP contribution in [0.4, 0.5) is 0 Å². The smallest absolute Gasteiger partial charge is 0.179 e. The quantitative estimate of drug-likeness (QED) is 0.656. The SMILES string of the molecule is C=C(c1cc(O)c2c(c1)S(=O)(=O)C[C@@H]1[C@@]3(C)CCCC(C)(C)[C@@H]3CC[C@@]21C)N1CCOCC1. The Morgan fingerprint density at radius 3 is 2.48 bits per heavy atom. The molecule has 0 aromatic heterocycles. The number of sulfone groups is 1. The van der Waals surface area contributed by atoms with Crippen LogP contribution >= 0.6 is 0 Å². The molecule has 1 N–H and O–H groups in total. The molecule has 3 fully saturated rings. The number of rotatable bonds is 2. The predicted octanol–water partition coefficient (Wildman–Crippen LogP) is 4.98. The van der Waals surface area contributed by atoms with E-state index in [4.69, 9.17) is 4.74 Å². The maximum atomic E-state index is 13.8. The van der Waals surface area contributed by atoms with E-state index in [0.29, 0.717) is 35.2 Å². The van der Waals surface area contributed by atoms with E-state index in [1.807, 2.05) is 0 Å². The number of nitrogens with zero attached hydrogens (tertiary/aromatic N) is 1. The third-order valence-corrected chi connectivity index (χ3v) is 11.7. The summed E-state index contributed by atoms with van der Waals surface area (Å²) in [6, 6.07) is 3.53. The van der Waals surface area contributed by atoms with E-state index in [0.717, 1.165) is 44.5 Å². The number of phenols is 1. The zero-order chi connectivity index (χ0) is 23.8. The number of hydrogen-bond donors (Lipinski definition) is 1. The largest absolute Gasteiger partial charge is 0.508 e. The molecule has 1 aromatic rings. The number of phenolic OH excluding ortho intramolecular Hbond substituents is 1. The molecule has 5 rings (SSSR count). The van der Waals surface area contributed by atoms with Crippen LogP contribution in [-0.4, -0.2) is 50.5 Å². The van der Waals surface area contributed by atoms with Crippen LogP contribution in [0.25, 0.3) is 5.70 Å². The van der Waals surface area contributed by atoms with Gasteiger partial charge in [-0.25, -0.2) is 8.42 Å². The number of ether oxygens (including phenoxy) is 1. The topological polar surface area (TPSA) is 66.8 Å². The highest BCUT2D eigenvalue weighted by atomic mass is 32.2. The van der Waals surface area contributed by atoms with Gasteiger partial charge in [0.1, 0.15) is 5.75 Å². The van der Waals surface area contributed by atoms with Crippen molar-refractivity contribution < 1.29 is 18.3 Å². The van der Waals surface area contributed by atoms with Crippen LogP contribution in [0.1, 0.15) is 70.9 Å². The first kappa shape index (κ1) is 23.2. The average Bonchev–Trinajstić information content (AvgIpc) is 2.74. The van der Waals surface area contributed by atoms with Crippen LogP contribution in [-0.2, 0) is 20.0 Å². The van der Waals surface area contributed by atoms with Crippen molar-refractivity contribution in [1.29, 1.82) is 0 Å². The minimum absolute atomic E-state index is 0.0139. The Bertz CT molecular complexity index is 1090. The van der Waals surface area contributed by atoms with Crippen molar-refractivity contribution >= 4 is 15.5 Å². The Hall–Kier alpha value is -1.53. The van der Waals surface area contributed by atoms with Crippen molar-refractivity contribution in [1.82, 2.24) is 4.90 Å². The normalized spacial score (nSPS) is 36.9. The van der Waals surface area contributed by atoms with Gasteiger partial charge in [0.15, 0.2) is 9.84 Å². The lowest BCUT2D eigenvalue weighted by atomic mass is 9.43. The molecule has 0 amide bonds. The molecule has 0 spiro atoms. The number of morpholine rings is 1. The molecular weight excluding hydrogens is 434 g/mol. The summed E-state index contributed by atoms with van der Waals surface area (Å²) in [7, 11) is -3.53. The van der Waals surface area contributed by atoms with Gasteiger partial charge in [0.2, 0.25) is 0 Å². The van der Waals surface area contributed by atoms with Crippen LogP contribution < -0.4 is 0 Å². The van der Waals surface area contributed by atoms with E-state index in [-0.39, 0.29) is 33.7 Å². The van der Waals surface area contributed by atoms with E-state index >= 15 is 0 Å². The van der Waals surface area contributed by atoms with Gasteiger partial charge in [-0.2, -0.15) is 0 Å². The molecule has 1 aromatic carbocycles. The van der Waals surface area contributed by atoms with Crippen molar-refractivity contribution in [3.63, 3.8) is 0 Å². The van der Waals surface area contributed by atoms with Crippen molar-refractivity contribution in [2.45, 2.75) is 70.1 Å². The number of benzene rings is 1. The monoisotopic (exact) mass is 473 g/mol. The van der Waals surface area contributed by atoms with Crippen LogP contribution in [0.5, 0.6) is 5.75 Å². The standard InChI is InChI=1S/C27H39NO4S/c1-18(28-11-13-32-14-12-28)19-15-20(29)24-21(16-19)33(30,31)17-23-26(4)9-6-8-25(2,3)22(26)7-10-27(23,24)5/h15-16,22-23,29H,1,6-14,17H2,2-5H3/t22-,23+,26-,27+/m0/s1. The minimum Gasteiger partial charge on any atom is -0.508 e. The fourth-order valence-corrected chi connectivity index (χ4v) is 10.6. The summed E-state index contributed by atoms with van der Waals surface area (Å²) in [5, 5.41) is 11.4. The highest BCUT2D eigenvalue weighted by Gasteiger charge is 2.62. The summed E-state index contributed by atoms with van der Waals surface area (Å²) in [6.45, 7) is 16.2. The van der Waals surface area contributed by atoms with Crippen molar-refractivity contribution in [2.75, 3.05) is 32.1 Å². The van der Waals surface area contributed by atoms with Gasteiger partial charge >= 0.3 is 0 Å². The molecule has 0 unspecified atom stereocenters. The van der Waals surface area contributed by atoms with Gasteiger partial charge in [-0.15, -0.1) is 0 Å². The van der Waals surface area contributed by atoms with Gasteiger partial charge in [0.05, 0.1) is 23.9 Å². The first-order valence-electron chi connectivity index (χ1n) is 12.5. The highest BCUT2D eigenvalue weighted by Crippen LogP contribution is 2.67. The van der Waals surface area contributed by atoms with Crippen LogP contribution in [0, 0.1) is 22.7 Å². The number of fused-ring (bicyclic) bond motifs is 5. The predicted molar refractivity (Wildman–Crippen MR) is 131 cm³/mol. The van der Waals surface area contributed by atoms with Crippen molar-refractivity contribution in [2.24, 2.45) is 22.7 Å². The first-order chi connectivity index (χ1) is 15.4. The molecule has 33 heavy (non-hydrogen) atoms. The fraction of sp³-hybridized carbons (Fsp3) is 0.704. The molecule has 5 nitrogen and oxygen atoms in total. The third-order valence-electron chi connectivity index (χ3n) is 9.89. The molecule has 4 atom stereocenters. The molecule has 0 bridgehead atoms. The Kier molecular flexibility index (Phi) is 5.27. The van der Waals surface area contributed by atoms with Gasteiger partial charge in [-0.05, 0) is 60.5 Å². The van der Waals surface area contributed by atoms with E-state index < -0.39 is 9.84 Å². The Morgan fingerprint density at radius 1 is 1.09 bits per heavy atom. The van der Waals surface area contributed by atoms with Crippen LogP contribution in [0.2, 0.25) is 0 Å². The lowest BCUT2D eigenvalue weighted by molar-refractivity contribution is -0.0984. The fourth-order valence-electron chi connectivity index (χ4n) is 8.23. The van der Waals surface area contributed by atoms with E-state index in [1.165, 1.54) is 6.42 Å². The molecule has 2 aliphatic carbocycles. The van der Waals surface area contributed by atoms with Crippen molar-refractivity contribution in [3.05, 3.63) is 29.8 Å². The molecule has 6 heteroatoms. The summed E-state index contributed by atoms with van der Waals surface area (Å²) in [5.74, 6) is 0.813. The number of aromatic hydroxyl groups is 1. The molecule has 182 valence electrons. The summed E-state index contributed by atoms with van der Waals surface area (Å²) in [4.78, 5) is 2.43. The summed E-state index contributed by atoms with van der Waals surface area (Å²) in [5.41, 5.74) is 1.94. The van der Waals surface area contributed by atoms with Gasteiger partial charge < -0.3 is 14.7 Å². The molecular formula is C27H39NO4S. The van der Waals surface area contributed by atoms with E-state index in [2.05, 4.69) is 39.2 Å². The lowest BCUT2D eigenvalue weighted by Crippen LogP contribution is -2.59. The second kappa shape index (κ2) is 7.48. The molecule has 1 saturated heterocycles. The molecule has 4 aliphatic rings. The van der Waals surface area contributed by atoms with Gasteiger partial charge in [0.25, 0.3) is 0 Å². The summed E-state index contributed by atoms with van der Waals surface area (Å²) >= 11 is 0. The Labute approximate surface area is 199 Å². The first-order valence-corrected chi connectivity index (χ1v) is 14.2. The van der Waals surface area contributed by atoms with Crippen LogP contribution in [0.15, 0.2) is 23.6 Å². The second-order valence-corrected chi connectivity index (χ2v) is 14.1. The Balaban J connectivity index is 1.61. The number of hydrogen-bond acceptors (Lipinski definition) is 5. The second-order valence-electron chi connectivity index (χ2n) is 12.1. The molecule has 2 saturated carbocycles. The van der Waals surface area contributed by atoms with Gasteiger partial charge in [-0.3, -0.25) is 0 Å². The Morgan fingerprint density at radius 2 is 1.79 bits per heavy atom. The maximum absolute atomic E-state index is 13.8. The molecule has 2 aliphatic heterocycles. The average molecular weight is 474 g/mol. The van der Waals surface area contributed by atoms with Crippen molar-refractivity contribution in [3.8, 4) is 5.75 Å². The highest BCUT2D eigenvalue weighted by molar-refractivity contribution is 7.91. The van der Waals surface area contributed by atoms with Gasteiger partial charge in [-0.1, -0.05) is 40.7 Å². The zero-order valence-corrected chi connectivity index (χ0v) is 21.4. The molecule has 0 radical (unpaired) electrons. The third kappa shape index (κ3) is 3.38. The lowest BCUT2D eigenvalue weighted by Gasteiger charge is -2.63.